The Morgan fingerprint density at radius 3 is 2.53 bits per heavy atom. The highest BCUT2D eigenvalue weighted by Gasteiger charge is 2.34. The van der Waals surface area contributed by atoms with Crippen molar-refractivity contribution in [1.29, 1.82) is 0 Å². The van der Waals surface area contributed by atoms with Gasteiger partial charge in [0, 0.05) is 52.0 Å². The number of nitrogens with one attached hydrogen (secondary N) is 1. The molecule has 0 aromatic heterocycles. The Bertz CT molecular complexity index is 245. The van der Waals surface area contributed by atoms with Crippen molar-refractivity contribution in [2.45, 2.75) is 39.2 Å². The van der Waals surface area contributed by atoms with Gasteiger partial charge in [-0.2, -0.15) is 0 Å². The third-order valence-electron chi connectivity index (χ3n) is 4.31. The van der Waals surface area contributed by atoms with E-state index in [-0.39, 0.29) is 0 Å². The molecule has 0 aromatic rings. The summed E-state index contributed by atoms with van der Waals surface area (Å²) in [6, 6.07) is 0.562. The minimum atomic E-state index is 0.396. The van der Waals surface area contributed by atoms with Gasteiger partial charge in [-0.05, 0) is 24.7 Å². The van der Waals surface area contributed by atoms with Crippen molar-refractivity contribution in [3.05, 3.63) is 0 Å². The fraction of sp³-hybridized carbons (Fsp3) is 1.00. The van der Waals surface area contributed by atoms with Crippen LogP contribution in [-0.2, 0) is 9.47 Å². The van der Waals surface area contributed by atoms with Crippen LogP contribution >= 0.6 is 0 Å². The zero-order valence-corrected chi connectivity index (χ0v) is 12.6. The molecule has 0 bridgehead atoms. The van der Waals surface area contributed by atoms with Crippen LogP contribution in [0.25, 0.3) is 0 Å². The molecule has 0 spiro atoms. The molecular formula is C15H30N2O2. The maximum atomic E-state index is 5.57. The monoisotopic (exact) mass is 270 g/mol. The molecule has 2 rings (SSSR count). The molecule has 0 amide bonds. The second-order valence-corrected chi connectivity index (χ2v) is 6.39. The summed E-state index contributed by atoms with van der Waals surface area (Å²) in [6.07, 6.45) is 3.54. The third kappa shape index (κ3) is 5.03. The summed E-state index contributed by atoms with van der Waals surface area (Å²) in [5.41, 5.74) is 0.396. The molecule has 0 aromatic carbocycles. The highest BCUT2D eigenvalue weighted by Crippen LogP contribution is 2.31. The molecule has 2 aliphatic rings. The van der Waals surface area contributed by atoms with Gasteiger partial charge in [0.1, 0.15) is 0 Å². The Hall–Kier alpha value is -0.160. The lowest BCUT2D eigenvalue weighted by atomic mass is 9.79. The molecule has 0 aliphatic carbocycles. The molecule has 0 saturated carbocycles. The zero-order valence-electron chi connectivity index (χ0n) is 12.6. The van der Waals surface area contributed by atoms with Crippen LogP contribution in [0.2, 0.25) is 0 Å². The van der Waals surface area contributed by atoms with Gasteiger partial charge in [-0.15, -0.1) is 0 Å². The van der Waals surface area contributed by atoms with Gasteiger partial charge in [0.05, 0.1) is 6.61 Å². The van der Waals surface area contributed by atoms with Gasteiger partial charge in [0.2, 0.25) is 0 Å². The summed E-state index contributed by atoms with van der Waals surface area (Å²) >= 11 is 0. The highest BCUT2D eigenvalue weighted by atomic mass is 16.5. The fourth-order valence-corrected chi connectivity index (χ4v) is 3.05. The van der Waals surface area contributed by atoms with Crippen LogP contribution in [0.4, 0.5) is 0 Å². The summed E-state index contributed by atoms with van der Waals surface area (Å²) in [4.78, 5) is 2.60. The van der Waals surface area contributed by atoms with Crippen LogP contribution in [0.3, 0.4) is 0 Å². The van der Waals surface area contributed by atoms with Crippen molar-refractivity contribution in [2.24, 2.45) is 5.41 Å². The Labute approximate surface area is 117 Å². The number of rotatable bonds is 5. The van der Waals surface area contributed by atoms with Gasteiger partial charge in [0.25, 0.3) is 0 Å². The van der Waals surface area contributed by atoms with E-state index in [4.69, 9.17) is 9.47 Å². The molecule has 0 unspecified atom stereocenters. The first-order valence-corrected chi connectivity index (χ1v) is 7.81. The van der Waals surface area contributed by atoms with Gasteiger partial charge in [-0.25, -0.2) is 0 Å². The van der Waals surface area contributed by atoms with Crippen LogP contribution < -0.4 is 5.32 Å². The van der Waals surface area contributed by atoms with E-state index in [0.717, 1.165) is 39.5 Å². The Kier molecular flexibility index (Phi) is 6.07. The fourth-order valence-electron chi connectivity index (χ4n) is 3.05. The number of nitrogens with zero attached hydrogens (tertiary/aromatic N) is 1. The van der Waals surface area contributed by atoms with Gasteiger partial charge in [-0.1, -0.05) is 13.8 Å². The van der Waals surface area contributed by atoms with E-state index in [0.29, 0.717) is 11.5 Å². The van der Waals surface area contributed by atoms with Crippen molar-refractivity contribution in [3.63, 3.8) is 0 Å². The lowest BCUT2D eigenvalue weighted by Gasteiger charge is -2.41. The van der Waals surface area contributed by atoms with Crippen LogP contribution in [-0.4, -0.2) is 63.5 Å². The van der Waals surface area contributed by atoms with Gasteiger partial charge in [0.15, 0.2) is 0 Å². The number of ether oxygens (including phenoxy) is 2. The topological polar surface area (TPSA) is 33.7 Å². The maximum Gasteiger partial charge on any atom is 0.0593 e. The third-order valence-corrected chi connectivity index (χ3v) is 4.31. The van der Waals surface area contributed by atoms with E-state index in [1.54, 1.807) is 0 Å². The number of hydrogen-bond acceptors (Lipinski definition) is 4. The summed E-state index contributed by atoms with van der Waals surface area (Å²) in [5, 5.41) is 3.65. The minimum Gasteiger partial charge on any atom is -0.381 e. The molecule has 4 heteroatoms. The highest BCUT2D eigenvalue weighted by molar-refractivity contribution is 4.88. The Morgan fingerprint density at radius 2 is 1.79 bits per heavy atom. The Balaban J connectivity index is 1.91. The van der Waals surface area contributed by atoms with Crippen molar-refractivity contribution >= 4 is 0 Å². The van der Waals surface area contributed by atoms with Crippen LogP contribution in [0.1, 0.15) is 33.1 Å². The largest absolute Gasteiger partial charge is 0.381 e. The summed E-state index contributed by atoms with van der Waals surface area (Å²) in [7, 11) is 0. The lowest BCUT2D eigenvalue weighted by Crippen LogP contribution is -2.49. The molecule has 2 fully saturated rings. The molecule has 0 atom stereocenters. The molecule has 112 valence electrons. The van der Waals surface area contributed by atoms with E-state index in [9.17, 15) is 0 Å². The quantitative estimate of drug-likeness (QED) is 0.821. The molecule has 2 saturated heterocycles. The van der Waals surface area contributed by atoms with E-state index < -0.39 is 0 Å². The Morgan fingerprint density at radius 1 is 1.05 bits per heavy atom. The first kappa shape index (κ1) is 15.2. The average molecular weight is 270 g/mol. The van der Waals surface area contributed by atoms with E-state index in [2.05, 4.69) is 24.1 Å². The smallest absolute Gasteiger partial charge is 0.0593 e. The first-order valence-electron chi connectivity index (χ1n) is 7.81. The van der Waals surface area contributed by atoms with Crippen LogP contribution in [0.15, 0.2) is 0 Å². The van der Waals surface area contributed by atoms with Crippen molar-refractivity contribution in [3.8, 4) is 0 Å². The van der Waals surface area contributed by atoms with Gasteiger partial charge < -0.3 is 19.7 Å². The van der Waals surface area contributed by atoms with E-state index >= 15 is 0 Å². The summed E-state index contributed by atoms with van der Waals surface area (Å²) in [5.74, 6) is 0. The second kappa shape index (κ2) is 7.58. The molecule has 1 N–H and O–H groups in total. The first-order chi connectivity index (χ1) is 9.20. The SMILES string of the molecule is CC(C)NCC1(CN2CCCOCC2)CCOCC1. The minimum absolute atomic E-state index is 0.396. The van der Waals surface area contributed by atoms with Crippen LogP contribution in [0.5, 0.6) is 0 Å². The van der Waals surface area contributed by atoms with Crippen molar-refractivity contribution in [1.82, 2.24) is 10.2 Å². The predicted octanol–water partition coefficient (Wildman–Crippen LogP) is 1.50. The summed E-state index contributed by atoms with van der Waals surface area (Å²) < 4.78 is 11.1. The van der Waals surface area contributed by atoms with Gasteiger partial charge in [-0.3, -0.25) is 0 Å². The molecule has 2 heterocycles. The molecule has 19 heavy (non-hydrogen) atoms. The molecule has 4 nitrogen and oxygen atoms in total. The molecular weight excluding hydrogens is 240 g/mol. The standard InChI is InChI=1S/C15H30N2O2/c1-14(2)16-12-15(4-9-19-10-5-15)13-17-6-3-8-18-11-7-17/h14,16H,3-13H2,1-2H3. The zero-order chi connectivity index (χ0) is 13.6. The van der Waals surface area contributed by atoms with Crippen molar-refractivity contribution in [2.75, 3.05) is 52.6 Å². The van der Waals surface area contributed by atoms with E-state index in [1.165, 1.54) is 32.4 Å². The normalized spacial score (nSPS) is 25.4. The van der Waals surface area contributed by atoms with Gasteiger partial charge >= 0.3 is 0 Å². The number of hydrogen-bond donors (Lipinski definition) is 1. The maximum absolute atomic E-state index is 5.57. The summed E-state index contributed by atoms with van der Waals surface area (Å²) in [6.45, 7) is 12.7. The van der Waals surface area contributed by atoms with Crippen LogP contribution in [0, 0.1) is 5.41 Å². The average Bonchev–Trinajstić information content (AvgIpc) is 2.66. The second-order valence-electron chi connectivity index (χ2n) is 6.39. The van der Waals surface area contributed by atoms with E-state index in [1.807, 2.05) is 0 Å². The van der Waals surface area contributed by atoms with Crippen molar-refractivity contribution < 1.29 is 9.47 Å². The predicted molar refractivity (Wildman–Crippen MR) is 77.5 cm³/mol. The molecule has 2 aliphatic heterocycles. The lowest BCUT2D eigenvalue weighted by molar-refractivity contribution is -0.00544. The molecule has 0 radical (unpaired) electrons.